The van der Waals surface area contributed by atoms with E-state index >= 15 is 0 Å². The molecule has 4 rings (SSSR count). The molecule has 1 aromatic carbocycles. The first kappa shape index (κ1) is 17.2. The molecule has 0 aliphatic carbocycles. The molecule has 0 atom stereocenters. The topological polar surface area (TPSA) is 44.5 Å². The quantitative estimate of drug-likeness (QED) is 0.362. The maximum absolute atomic E-state index is 5.52. The first-order valence-electron chi connectivity index (χ1n) is 7.83. The lowest BCUT2D eigenvalue weighted by Gasteiger charge is -2.02. The Balaban J connectivity index is 1.94. The van der Waals surface area contributed by atoms with Crippen LogP contribution in [0.5, 0.6) is 0 Å². The van der Waals surface area contributed by atoms with Gasteiger partial charge >= 0.3 is 0 Å². The predicted molar refractivity (Wildman–Crippen MR) is 117 cm³/mol. The van der Waals surface area contributed by atoms with Gasteiger partial charge in [-0.15, -0.1) is 29.5 Å². The third kappa shape index (κ3) is 3.03. The fourth-order valence-electron chi connectivity index (χ4n) is 2.87. The molecule has 0 spiro atoms. The number of aromatic amines is 2. The van der Waals surface area contributed by atoms with E-state index in [1.807, 2.05) is 24.6 Å². The average Bonchev–Trinajstić information content (AvgIpc) is 3.37. The smallest absolute Gasteiger partial charge is 0.140 e. The molecule has 4 aromatic rings. The third-order valence-corrected chi connectivity index (χ3v) is 6.17. The maximum atomic E-state index is 5.52. The van der Waals surface area contributed by atoms with E-state index in [0.717, 1.165) is 47.9 Å². The van der Waals surface area contributed by atoms with Gasteiger partial charge in [-0.1, -0.05) is 27.9 Å². The fourth-order valence-corrected chi connectivity index (χ4v) is 4.49. The minimum atomic E-state index is 0.824. The molecule has 0 radical (unpaired) electrons. The maximum Gasteiger partial charge on any atom is 0.140 e. The van der Waals surface area contributed by atoms with Gasteiger partial charge in [-0.25, -0.2) is 4.98 Å². The number of aromatic nitrogens is 3. The number of benzene rings is 1. The molecule has 3 nitrogen and oxygen atoms in total. The zero-order valence-electron chi connectivity index (χ0n) is 13.8. The first-order valence-corrected chi connectivity index (χ1v) is 10.7. The number of hydrogen-bond acceptors (Lipinski definition) is 3. The van der Waals surface area contributed by atoms with Gasteiger partial charge in [-0.05, 0) is 35.9 Å². The molecule has 2 N–H and O–H groups in total. The third-order valence-electron chi connectivity index (χ3n) is 4.04. The van der Waals surface area contributed by atoms with Crippen LogP contribution >= 0.6 is 39.0 Å². The van der Waals surface area contributed by atoms with E-state index in [4.69, 9.17) is 11.4 Å². The van der Waals surface area contributed by atoms with Crippen molar-refractivity contribution < 1.29 is 0 Å². The normalized spacial score (nSPS) is 11.8. The number of rotatable bonds is 4. The summed E-state index contributed by atoms with van der Waals surface area (Å²) in [5.41, 5.74) is 3.99. The molecule has 0 aliphatic rings. The van der Waals surface area contributed by atoms with Gasteiger partial charge < -0.3 is 9.97 Å². The lowest BCUT2D eigenvalue weighted by atomic mass is 10.2. The standard InChI is InChI=1S/C20H14BrN3S2/c1-3-5-16(25-2)18-19(17-6-4-9-26-17)24-20(23-18)14-11-22-15-8-7-12(21)10-13(14)15/h1,4-11,22H,2H3,(H,23,24)/b16-5-. The number of thiophene rings is 1. The lowest BCUT2D eigenvalue weighted by molar-refractivity contribution is 1.31. The van der Waals surface area contributed by atoms with Gasteiger partial charge in [0, 0.05) is 38.1 Å². The molecule has 0 fully saturated rings. The minimum absolute atomic E-state index is 0.824. The van der Waals surface area contributed by atoms with E-state index in [-0.39, 0.29) is 0 Å². The number of nitrogens with zero attached hydrogens (tertiary/aromatic N) is 1. The molecule has 128 valence electrons. The monoisotopic (exact) mass is 439 g/mol. The number of H-pyrrole nitrogens is 2. The predicted octanol–water partition coefficient (Wildman–Crippen LogP) is 6.39. The van der Waals surface area contributed by atoms with Crippen LogP contribution in [0.3, 0.4) is 0 Å². The molecule has 0 saturated carbocycles. The number of hydrogen-bond donors (Lipinski definition) is 2. The van der Waals surface area contributed by atoms with Crippen LogP contribution in [0.15, 0.2) is 52.5 Å². The number of allylic oxidation sites excluding steroid dienone is 1. The number of thioether (sulfide) groups is 1. The number of halogens is 1. The summed E-state index contributed by atoms with van der Waals surface area (Å²) in [6, 6.07) is 10.3. The Morgan fingerprint density at radius 2 is 2.27 bits per heavy atom. The van der Waals surface area contributed by atoms with Crippen LogP contribution in [0.1, 0.15) is 5.69 Å². The molecular weight excluding hydrogens is 426 g/mol. The largest absolute Gasteiger partial charge is 0.360 e. The van der Waals surface area contributed by atoms with Crippen LogP contribution in [0.25, 0.3) is 37.8 Å². The Hall–Kier alpha value is -2.20. The molecule has 0 bridgehead atoms. The lowest BCUT2D eigenvalue weighted by Crippen LogP contribution is -1.84. The van der Waals surface area contributed by atoms with Crippen molar-refractivity contribution in [1.82, 2.24) is 15.0 Å². The molecule has 0 aliphatic heterocycles. The number of terminal acetylenes is 1. The molecule has 0 unspecified atom stereocenters. The summed E-state index contributed by atoms with van der Waals surface area (Å²) in [4.78, 5) is 13.8. The van der Waals surface area contributed by atoms with Crippen molar-refractivity contribution in [2.75, 3.05) is 6.26 Å². The fraction of sp³-hybridized carbons (Fsp3) is 0.0500. The van der Waals surface area contributed by atoms with E-state index in [1.54, 1.807) is 29.2 Å². The van der Waals surface area contributed by atoms with E-state index in [9.17, 15) is 0 Å². The first-order chi connectivity index (χ1) is 12.7. The summed E-state index contributed by atoms with van der Waals surface area (Å²) in [5, 5.41) is 3.17. The van der Waals surface area contributed by atoms with E-state index < -0.39 is 0 Å². The molecule has 3 heterocycles. The van der Waals surface area contributed by atoms with Crippen molar-refractivity contribution in [2.24, 2.45) is 0 Å². The number of nitrogens with one attached hydrogen (secondary N) is 2. The van der Waals surface area contributed by atoms with Gasteiger partial charge in [0.15, 0.2) is 0 Å². The van der Waals surface area contributed by atoms with Crippen molar-refractivity contribution in [1.29, 1.82) is 0 Å². The van der Waals surface area contributed by atoms with Crippen molar-refractivity contribution in [2.45, 2.75) is 0 Å². The summed E-state index contributed by atoms with van der Waals surface area (Å²) >= 11 is 6.83. The number of fused-ring (bicyclic) bond motifs is 1. The van der Waals surface area contributed by atoms with Crippen molar-refractivity contribution >= 4 is 54.8 Å². The summed E-state index contributed by atoms with van der Waals surface area (Å²) in [5.74, 6) is 3.46. The molecule has 6 heteroatoms. The second-order valence-corrected chi connectivity index (χ2v) is 8.27. The van der Waals surface area contributed by atoms with Gasteiger partial charge in [0.1, 0.15) is 11.5 Å². The molecule has 0 saturated heterocycles. The summed E-state index contributed by atoms with van der Waals surface area (Å²) in [6.45, 7) is 0. The van der Waals surface area contributed by atoms with Gasteiger partial charge in [0.2, 0.25) is 0 Å². The zero-order valence-corrected chi connectivity index (χ0v) is 17.1. The van der Waals surface area contributed by atoms with Gasteiger partial charge in [0.05, 0.1) is 10.6 Å². The Morgan fingerprint density at radius 3 is 3.00 bits per heavy atom. The van der Waals surface area contributed by atoms with Crippen LogP contribution in [-0.4, -0.2) is 21.2 Å². The second kappa shape index (κ2) is 7.20. The van der Waals surface area contributed by atoms with Crippen molar-refractivity contribution in [3.8, 4) is 34.3 Å². The van der Waals surface area contributed by atoms with Crippen LogP contribution in [0.4, 0.5) is 0 Å². The Morgan fingerprint density at radius 1 is 1.38 bits per heavy atom. The highest BCUT2D eigenvalue weighted by molar-refractivity contribution is 9.10. The van der Waals surface area contributed by atoms with Gasteiger partial charge in [0.25, 0.3) is 0 Å². The SMILES string of the molecule is C#C/C=C(\SC)c1[nH]c(-c2c[nH]c3ccc(Br)cc23)nc1-c1cccs1. The van der Waals surface area contributed by atoms with E-state index in [0.29, 0.717) is 0 Å². The van der Waals surface area contributed by atoms with Crippen LogP contribution in [-0.2, 0) is 0 Å². The Kier molecular flexibility index (Phi) is 4.77. The highest BCUT2D eigenvalue weighted by atomic mass is 79.9. The minimum Gasteiger partial charge on any atom is -0.360 e. The van der Waals surface area contributed by atoms with Crippen molar-refractivity contribution in [3.05, 3.63) is 58.2 Å². The molecule has 26 heavy (non-hydrogen) atoms. The summed E-state index contributed by atoms with van der Waals surface area (Å²) in [6.07, 6.45) is 11.3. The molecular formula is C20H14BrN3S2. The Bertz CT molecular complexity index is 1140. The molecule has 0 amide bonds. The highest BCUT2D eigenvalue weighted by Gasteiger charge is 2.19. The van der Waals surface area contributed by atoms with Gasteiger partial charge in [-0.3, -0.25) is 0 Å². The number of imidazole rings is 1. The second-order valence-electron chi connectivity index (χ2n) is 5.56. The summed E-state index contributed by atoms with van der Waals surface area (Å²) < 4.78 is 1.04. The average molecular weight is 440 g/mol. The van der Waals surface area contributed by atoms with Crippen LogP contribution < -0.4 is 0 Å². The molecule has 3 aromatic heterocycles. The van der Waals surface area contributed by atoms with Crippen LogP contribution in [0.2, 0.25) is 0 Å². The van der Waals surface area contributed by atoms with Crippen LogP contribution in [0, 0.1) is 12.3 Å². The summed E-state index contributed by atoms with van der Waals surface area (Å²) in [7, 11) is 0. The van der Waals surface area contributed by atoms with E-state index in [2.05, 4.69) is 55.4 Å². The Labute approximate surface area is 168 Å². The highest BCUT2D eigenvalue weighted by Crippen LogP contribution is 2.38. The van der Waals surface area contributed by atoms with E-state index in [1.165, 1.54) is 0 Å². The van der Waals surface area contributed by atoms with Gasteiger partial charge in [-0.2, -0.15) is 0 Å². The zero-order chi connectivity index (χ0) is 18.1. The van der Waals surface area contributed by atoms with Crippen molar-refractivity contribution in [3.63, 3.8) is 0 Å².